The molecule has 2 heterocycles. The van der Waals surface area contributed by atoms with E-state index in [9.17, 15) is 4.79 Å². The summed E-state index contributed by atoms with van der Waals surface area (Å²) in [6.45, 7) is 0. The Morgan fingerprint density at radius 1 is 1.27 bits per heavy atom. The van der Waals surface area contributed by atoms with Crippen molar-refractivity contribution in [1.29, 1.82) is 0 Å². The van der Waals surface area contributed by atoms with Crippen LogP contribution in [0.2, 0.25) is 0 Å². The van der Waals surface area contributed by atoms with Crippen LogP contribution < -0.4 is 5.56 Å². The molecule has 15 heavy (non-hydrogen) atoms. The number of fused-ring (bicyclic) bond motifs is 3. The van der Waals surface area contributed by atoms with E-state index in [1.54, 1.807) is 17.8 Å². The molecule has 4 nitrogen and oxygen atoms in total. The molecule has 0 unspecified atom stereocenters. The molecule has 4 heteroatoms. The van der Waals surface area contributed by atoms with Gasteiger partial charge in [-0.3, -0.25) is 9.89 Å². The fraction of sp³-hybridized carbons (Fsp3) is 0.0909. The fourth-order valence-corrected chi connectivity index (χ4v) is 1.92. The minimum absolute atomic E-state index is 0.0162. The molecule has 1 aromatic carbocycles. The number of aromatic nitrogens is 3. The van der Waals surface area contributed by atoms with Gasteiger partial charge in [0.2, 0.25) is 0 Å². The molecule has 0 saturated carbocycles. The zero-order valence-electron chi connectivity index (χ0n) is 8.19. The summed E-state index contributed by atoms with van der Waals surface area (Å²) in [7, 11) is 1.77. The number of pyridine rings is 1. The minimum Gasteiger partial charge on any atom is -0.311 e. The Balaban J connectivity index is 2.77. The van der Waals surface area contributed by atoms with Crippen LogP contribution in [-0.4, -0.2) is 14.8 Å². The van der Waals surface area contributed by atoms with Crippen LogP contribution >= 0.6 is 0 Å². The lowest BCUT2D eigenvalue weighted by molar-refractivity contribution is 0.918. The smallest absolute Gasteiger partial charge is 0.261 e. The van der Waals surface area contributed by atoms with Crippen molar-refractivity contribution in [3.8, 4) is 0 Å². The topological polar surface area (TPSA) is 50.7 Å². The fourth-order valence-electron chi connectivity index (χ4n) is 1.92. The summed E-state index contributed by atoms with van der Waals surface area (Å²) in [5.41, 5.74) is 1.71. The maximum atomic E-state index is 11.9. The molecule has 0 aliphatic rings. The van der Waals surface area contributed by atoms with Crippen LogP contribution in [0.15, 0.2) is 35.3 Å². The van der Waals surface area contributed by atoms with E-state index in [0.717, 1.165) is 16.4 Å². The molecule has 0 aliphatic heterocycles. The van der Waals surface area contributed by atoms with Crippen molar-refractivity contribution in [2.24, 2.45) is 7.05 Å². The Labute approximate surface area is 85.1 Å². The number of nitrogens with one attached hydrogen (secondary N) is 1. The maximum Gasteiger partial charge on any atom is 0.261 e. The van der Waals surface area contributed by atoms with Gasteiger partial charge in [-0.1, -0.05) is 18.2 Å². The van der Waals surface area contributed by atoms with Crippen LogP contribution in [0.3, 0.4) is 0 Å². The number of para-hydroxylation sites is 1. The van der Waals surface area contributed by atoms with E-state index in [2.05, 4.69) is 10.2 Å². The molecule has 74 valence electrons. The lowest BCUT2D eigenvalue weighted by Crippen LogP contribution is -2.16. The first-order valence-corrected chi connectivity index (χ1v) is 4.70. The van der Waals surface area contributed by atoms with Crippen LogP contribution in [0.5, 0.6) is 0 Å². The lowest BCUT2D eigenvalue weighted by atomic mass is 10.1. The third-order valence-electron chi connectivity index (χ3n) is 2.71. The van der Waals surface area contributed by atoms with Crippen LogP contribution in [0.25, 0.3) is 21.8 Å². The van der Waals surface area contributed by atoms with E-state index < -0.39 is 0 Å². The summed E-state index contributed by atoms with van der Waals surface area (Å²) in [5, 5.41) is 8.44. The van der Waals surface area contributed by atoms with Crippen molar-refractivity contribution in [3.63, 3.8) is 0 Å². The number of hydrogen-bond donors (Lipinski definition) is 1. The molecule has 0 radical (unpaired) electrons. The number of H-pyrrole nitrogens is 1. The number of aryl methyl sites for hydroxylation is 1. The first-order valence-electron chi connectivity index (χ1n) is 4.70. The van der Waals surface area contributed by atoms with Gasteiger partial charge in [-0.2, -0.15) is 5.10 Å². The molecule has 2 aromatic heterocycles. The van der Waals surface area contributed by atoms with E-state index in [1.807, 2.05) is 24.3 Å². The molecule has 1 N–H and O–H groups in total. The van der Waals surface area contributed by atoms with Gasteiger partial charge >= 0.3 is 0 Å². The monoisotopic (exact) mass is 199 g/mol. The predicted octanol–water partition coefficient (Wildman–Crippen LogP) is 1.41. The highest BCUT2D eigenvalue weighted by atomic mass is 16.1. The first kappa shape index (κ1) is 8.23. The van der Waals surface area contributed by atoms with Crippen molar-refractivity contribution in [1.82, 2.24) is 14.8 Å². The Morgan fingerprint density at radius 2 is 2.07 bits per heavy atom. The van der Waals surface area contributed by atoms with E-state index in [-0.39, 0.29) is 5.56 Å². The zero-order valence-corrected chi connectivity index (χ0v) is 8.19. The Bertz CT molecular complexity index is 708. The molecule has 3 aromatic rings. The van der Waals surface area contributed by atoms with E-state index in [4.69, 9.17) is 0 Å². The van der Waals surface area contributed by atoms with Crippen molar-refractivity contribution in [3.05, 3.63) is 40.8 Å². The minimum atomic E-state index is -0.0162. The van der Waals surface area contributed by atoms with Crippen LogP contribution in [-0.2, 0) is 7.05 Å². The van der Waals surface area contributed by atoms with Gasteiger partial charge in [-0.05, 0) is 6.07 Å². The molecular weight excluding hydrogens is 190 g/mol. The van der Waals surface area contributed by atoms with Crippen molar-refractivity contribution in [2.45, 2.75) is 0 Å². The summed E-state index contributed by atoms with van der Waals surface area (Å²) in [6, 6.07) is 7.78. The molecule has 0 bridgehead atoms. The highest BCUT2D eigenvalue weighted by Crippen LogP contribution is 2.19. The van der Waals surface area contributed by atoms with Crippen molar-refractivity contribution >= 4 is 21.8 Å². The van der Waals surface area contributed by atoms with E-state index >= 15 is 0 Å². The van der Waals surface area contributed by atoms with Gasteiger partial charge in [0.25, 0.3) is 5.56 Å². The van der Waals surface area contributed by atoms with Gasteiger partial charge in [-0.25, -0.2) is 0 Å². The number of benzene rings is 1. The van der Waals surface area contributed by atoms with Gasteiger partial charge in [0.05, 0.1) is 22.6 Å². The highest BCUT2D eigenvalue weighted by molar-refractivity contribution is 6.02. The van der Waals surface area contributed by atoms with Gasteiger partial charge < -0.3 is 4.57 Å². The van der Waals surface area contributed by atoms with Crippen molar-refractivity contribution in [2.75, 3.05) is 0 Å². The average molecular weight is 199 g/mol. The zero-order chi connectivity index (χ0) is 10.4. The molecule has 0 aliphatic carbocycles. The average Bonchev–Trinajstić information content (AvgIpc) is 2.75. The predicted molar refractivity (Wildman–Crippen MR) is 58.8 cm³/mol. The van der Waals surface area contributed by atoms with Gasteiger partial charge in [0.15, 0.2) is 0 Å². The quantitative estimate of drug-likeness (QED) is 0.595. The SMILES string of the molecule is Cn1c(=O)c2cn[nH]c2c2ccccc21. The highest BCUT2D eigenvalue weighted by Gasteiger charge is 2.08. The third-order valence-corrected chi connectivity index (χ3v) is 2.71. The second-order valence-corrected chi connectivity index (χ2v) is 3.54. The number of hydrogen-bond acceptors (Lipinski definition) is 2. The molecule has 0 spiro atoms. The normalized spacial score (nSPS) is 11.3. The summed E-state index contributed by atoms with van der Waals surface area (Å²) in [6.07, 6.45) is 1.57. The molecule has 0 atom stereocenters. The van der Waals surface area contributed by atoms with Gasteiger partial charge in [0.1, 0.15) is 0 Å². The number of aromatic amines is 1. The molecule has 0 saturated heterocycles. The largest absolute Gasteiger partial charge is 0.311 e. The summed E-state index contributed by atoms with van der Waals surface area (Å²) in [5.74, 6) is 0. The third kappa shape index (κ3) is 0.958. The Kier molecular flexibility index (Phi) is 1.48. The Morgan fingerprint density at radius 3 is 2.93 bits per heavy atom. The molecule has 3 rings (SSSR count). The first-order chi connectivity index (χ1) is 7.29. The molecule has 0 fully saturated rings. The second-order valence-electron chi connectivity index (χ2n) is 3.54. The standard InChI is InChI=1S/C11H9N3O/c1-14-9-5-3-2-4-7(9)10-8(11(14)15)6-12-13-10/h2-6H,1H3,(H,12,13). The van der Waals surface area contributed by atoms with Gasteiger partial charge in [0, 0.05) is 12.4 Å². The van der Waals surface area contributed by atoms with Gasteiger partial charge in [-0.15, -0.1) is 0 Å². The summed E-state index contributed by atoms with van der Waals surface area (Å²) >= 11 is 0. The number of nitrogens with zero attached hydrogens (tertiary/aromatic N) is 2. The van der Waals surface area contributed by atoms with Crippen molar-refractivity contribution < 1.29 is 0 Å². The number of rotatable bonds is 0. The molecule has 0 amide bonds. The Hall–Kier alpha value is -2.10. The second kappa shape index (κ2) is 2.70. The summed E-state index contributed by atoms with van der Waals surface area (Å²) in [4.78, 5) is 11.9. The molecular formula is C11H9N3O. The van der Waals surface area contributed by atoms with E-state index in [0.29, 0.717) is 5.39 Å². The maximum absolute atomic E-state index is 11.9. The summed E-state index contributed by atoms with van der Waals surface area (Å²) < 4.78 is 1.65. The van der Waals surface area contributed by atoms with Crippen LogP contribution in [0.4, 0.5) is 0 Å². The lowest BCUT2D eigenvalue weighted by Gasteiger charge is -2.04. The van der Waals surface area contributed by atoms with Crippen LogP contribution in [0, 0.1) is 0 Å². The van der Waals surface area contributed by atoms with E-state index in [1.165, 1.54) is 0 Å². The van der Waals surface area contributed by atoms with Crippen LogP contribution in [0.1, 0.15) is 0 Å².